The van der Waals surface area contributed by atoms with Crippen molar-refractivity contribution in [1.82, 2.24) is 4.98 Å². The summed E-state index contributed by atoms with van der Waals surface area (Å²) >= 11 is 0. The third-order valence-electron chi connectivity index (χ3n) is 1.23. The zero-order valence-corrected chi connectivity index (χ0v) is 8.49. The van der Waals surface area contributed by atoms with Crippen LogP contribution in [0.15, 0.2) is 36.5 Å². The van der Waals surface area contributed by atoms with Crippen molar-refractivity contribution in [3.8, 4) is 0 Å². The van der Waals surface area contributed by atoms with Gasteiger partial charge in [0, 0.05) is 12.3 Å². The van der Waals surface area contributed by atoms with Crippen LogP contribution in [0.3, 0.4) is 0 Å². The van der Waals surface area contributed by atoms with E-state index in [0.717, 1.165) is 6.20 Å². The molecule has 76 valence electrons. The molecule has 0 radical (unpaired) electrons. The number of nitro groups is 1. The van der Waals surface area contributed by atoms with Gasteiger partial charge in [-0.25, -0.2) is 4.98 Å². The molecule has 1 heterocycles. The molecule has 1 aromatic rings. The van der Waals surface area contributed by atoms with Gasteiger partial charge in [-0.1, -0.05) is 0 Å². The highest BCUT2D eigenvalue weighted by atomic mass is 32.2. The zero-order chi connectivity index (χ0) is 11.1. The Balaban J connectivity index is 0.000000791. The summed E-state index contributed by atoms with van der Waals surface area (Å²) in [7, 11) is -1.18. The highest BCUT2D eigenvalue weighted by Crippen LogP contribution is 2.09. The molecule has 1 unspecified atom stereocenters. The van der Waals surface area contributed by atoms with E-state index in [1.165, 1.54) is 18.4 Å². The number of pyridine rings is 1. The van der Waals surface area contributed by atoms with Crippen molar-refractivity contribution < 1.29 is 9.13 Å². The van der Waals surface area contributed by atoms with Crippen LogP contribution in [0.5, 0.6) is 0 Å². The first-order valence-corrected chi connectivity index (χ1v) is 5.11. The van der Waals surface area contributed by atoms with E-state index in [-0.39, 0.29) is 5.69 Å². The molecule has 0 aliphatic carbocycles. The Kier molecular flexibility index (Phi) is 5.31. The lowest BCUT2D eigenvalue weighted by Gasteiger charge is -1.93. The molecule has 1 rings (SSSR count). The third-order valence-corrected chi connectivity index (χ3v) is 2.06. The van der Waals surface area contributed by atoms with Crippen LogP contribution in [0.2, 0.25) is 0 Å². The van der Waals surface area contributed by atoms with Crippen LogP contribution in [0.25, 0.3) is 0 Å². The van der Waals surface area contributed by atoms with E-state index in [2.05, 4.69) is 18.1 Å². The minimum atomic E-state index is -1.18. The maximum atomic E-state index is 10.8. The largest absolute Gasteiger partial charge is 0.287 e. The van der Waals surface area contributed by atoms with Gasteiger partial charge >= 0.3 is 0 Å². The van der Waals surface area contributed by atoms with Gasteiger partial charge in [0.1, 0.15) is 11.2 Å². The molecule has 0 aliphatic rings. The summed E-state index contributed by atoms with van der Waals surface area (Å²) in [6, 6.07) is 2.66. The second kappa shape index (κ2) is 5.98. The van der Waals surface area contributed by atoms with Crippen LogP contribution in [0, 0.1) is 10.1 Å². The van der Waals surface area contributed by atoms with E-state index in [1.807, 2.05) is 0 Å². The maximum absolute atomic E-state index is 10.8. The molecular formula is C8H10N2O3S. The van der Waals surface area contributed by atoms with Crippen LogP contribution < -0.4 is 0 Å². The number of aromatic nitrogens is 1. The predicted molar refractivity (Wildman–Crippen MR) is 54.5 cm³/mol. The van der Waals surface area contributed by atoms with Crippen molar-refractivity contribution in [2.75, 3.05) is 6.26 Å². The second-order valence-corrected chi connectivity index (χ2v) is 3.39. The fraction of sp³-hybridized carbons (Fsp3) is 0.125. The fourth-order valence-corrected chi connectivity index (χ4v) is 1.11. The summed E-state index contributed by atoms with van der Waals surface area (Å²) in [5, 5.41) is 10.5. The minimum Gasteiger partial charge on any atom is -0.258 e. The molecule has 6 heteroatoms. The van der Waals surface area contributed by atoms with Crippen LogP contribution in [-0.2, 0) is 10.8 Å². The van der Waals surface area contributed by atoms with Gasteiger partial charge in [0.15, 0.2) is 0 Å². The number of hydrogen-bond donors (Lipinski definition) is 0. The summed E-state index contributed by atoms with van der Waals surface area (Å²) in [5.41, 5.74) is -0.0933. The molecular weight excluding hydrogens is 204 g/mol. The Labute approximate surface area is 84.1 Å². The molecule has 0 saturated carbocycles. The van der Waals surface area contributed by atoms with Gasteiger partial charge in [0.05, 0.1) is 15.7 Å². The number of nitrogens with zero attached hydrogens (tertiary/aromatic N) is 2. The van der Waals surface area contributed by atoms with E-state index < -0.39 is 15.7 Å². The number of hydrogen-bond acceptors (Lipinski definition) is 4. The molecule has 0 amide bonds. The van der Waals surface area contributed by atoms with Gasteiger partial charge in [0.25, 0.3) is 5.69 Å². The molecule has 0 N–H and O–H groups in total. The van der Waals surface area contributed by atoms with Crippen molar-refractivity contribution >= 4 is 16.5 Å². The summed E-state index contributed by atoms with van der Waals surface area (Å²) < 4.78 is 10.8. The van der Waals surface area contributed by atoms with Gasteiger partial charge in [-0.3, -0.25) is 14.3 Å². The minimum absolute atomic E-state index is 0.0933. The number of rotatable bonds is 2. The van der Waals surface area contributed by atoms with E-state index in [4.69, 9.17) is 0 Å². The lowest BCUT2D eigenvalue weighted by atomic mass is 10.4. The summed E-state index contributed by atoms with van der Waals surface area (Å²) in [4.78, 5) is 13.3. The highest BCUT2D eigenvalue weighted by Gasteiger charge is 2.06. The molecule has 0 saturated heterocycles. The predicted octanol–water partition coefficient (Wildman–Crippen LogP) is 1.53. The monoisotopic (exact) mass is 214 g/mol. The molecule has 0 aromatic carbocycles. The first-order chi connectivity index (χ1) is 6.61. The lowest BCUT2D eigenvalue weighted by Crippen LogP contribution is -1.94. The first-order valence-electron chi connectivity index (χ1n) is 3.55. The van der Waals surface area contributed by atoms with Crippen molar-refractivity contribution in [3.05, 3.63) is 41.6 Å². The van der Waals surface area contributed by atoms with E-state index in [0.29, 0.717) is 5.03 Å². The average molecular weight is 214 g/mol. The molecule has 1 aromatic heterocycles. The van der Waals surface area contributed by atoms with E-state index in [9.17, 15) is 14.3 Å². The van der Waals surface area contributed by atoms with Crippen LogP contribution in [0.1, 0.15) is 0 Å². The smallest absolute Gasteiger partial charge is 0.258 e. The van der Waals surface area contributed by atoms with Gasteiger partial charge < -0.3 is 0 Å². The Morgan fingerprint density at radius 2 is 2.07 bits per heavy atom. The molecule has 5 nitrogen and oxygen atoms in total. The van der Waals surface area contributed by atoms with Gasteiger partial charge in [0.2, 0.25) is 0 Å². The molecule has 14 heavy (non-hydrogen) atoms. The zero-order valence-electron chi connectivity index (χ0n) is 7.67. The lowest BCUT2D eigenvalue weighted by molar-refractivity contribution is -0.385. The van der Waals surface area contributed by atoms with Crippen LogP contribution >= 0.6 is 0 Å². The first kappa shape index (κ1) is 12.4. The van der Waals surface area contributed by atoms with Gasteiger partial charge in [-0.2, -0.15) is 0 Å². The van der Waals surface area contributed by atoms with Crippen molar-refractivity contribution in [3.63, 3.8) is 0 Å². The topological polar surface area (TPSA) is 73.1 Å². The molecule has 1 atom stereocenters. The summed E-state index contributed by atoms with van der Waals surface area (Å²) in [6.45, 7) is 6.00. The maximum Gasteiger partial charge on any atom is 0.287 e. The van der Waals surface area contributed by atoms with Crippen molar-refractivity contribution in [1.29, 1.82) is 0 Å². The van der Waals surface area contributed by atoms with Crippen molar-refractivity contribution in [2.45, 2.75) is 5.03 Å². The van der Waals surface area contributed by atoms with Crippen LogP contribution in [0.4, 0.5) is 5.69 Å². The highest BCUT2D eigenvalue weighted by molar-refractivity contribution is 7.84. The average Bonchev–Trinajstić information content (AvgIpc) is 2.21. The van der Waals surface area contributed by atoms with E-state index in [1.54, 1.807) is 0 Å². The molecule has 0 spiro atoms. The van der Waals surface area contributed by atoms with Gasteiger partial charge in [-0.15, -0.1) is 13.2 Å². The van der Waals surface area contributed by atoms with Gasteiger partial charge in [-0.05, 0) is 6.07 Å². The van der Waals surface area contributed by atoms with Crippen LogP contribution in [-0.4, -0.2) is 20.4 Å². The molecule has 0 aliphatic heterocycles. The normalized spacial score (nSPS) is 10.9. The SMILES string of the molecule is C=C.CS(=O)c1ccc([N+](=O)[O-])cn1. The standard InChI is InChI=1S/C6H6N2O3S.C2H4/c1-12(11)6-3-2-5(4-7-6)8(9)10;1-2/h2-4H,1H3;1-2H2. The Hall–Kier alpha value is -1.56. The van der Waals surface area contributed by atoms with E-state index >= 15 is 0 Å². The summed E-state index contributed by atoms with van der Waals surface area (Å²) in [5.74, 6) is 0. The summed E-state index contributed by atoms with van der Waals surface area (Å²) in [6.07, 6.45) is 2.56. The Bertz CT molecular complexity index is 304. The third kappa shape index (κ3) is 3.44. The Morgan fingerprint density at radius 3 is 2.36 bits per heavy atom. The quantitative estimate of drug-likeness (QED) is 0.425. The molecule has 0 bridgehead atoms. The van der Waals surface area contributed by atoms with Crippen molar-refractivity contribution in [2.24, 2.45) is 0 Å². The fourth-order valence-electron chi connectivity index (χ4n) is 0.651. The molecule has 0 fully saturated rings. The Morgan fingerprint density at radius 1 is 1.50 bits per heavy atom. The second-order valence-electron chi connectivity index (χ2n) is 2.07.